The third kappa shape index (κ3) is 2.57. The first kappa shape index (κ1) is 16.4. The van der Waals surface area contributed by atoms with Crippen molar-refractivity contribution in [2.45, 2.75) is 6.61 Å². The van der Waals surface area contributed by atoms with Crippen molar-refractivity contribution in [1.82, 2.24) is 4.90 Å². The molecule has 26 heavy (non-hydrogen) atoms. The first-order chi connectivity index (χ1) is 12.6. The number of ketones is 1. The Bertz CT molecular complexity index is 1000. The molecule has 1 aliphatic carbocycles. The van der Waals surface area contributed by atoms with E-state index in [1.807, 2.05) is 67.5 Å². The number of hydrogen-bond acceptors (Lipinski definition) is 5. The molecular formula is C21H19N3O2. The Morgan fingerprint density at radius 2 is 1.77 bits per heavy atom. The fourth-order valence-corrected chi connectivity index (χ4v) is 3.27. The second kappa shape index (κ2) is 6.35. The predicted octanol–water partition coefficient (Wildman–Crippen LogP) is 3.16. The Hall–Kier alpha value is -3.05. The van der Waals surface area contributed by atoms with Gasteiger partial charge in [0.25, 0.3) is 0 Å². The Labute approximate surface area is 152 Å². The number of nitrogens with zero attached hydrogens (tertiary/aromatic N) is 3. The number of benzene rings is 2. The van der Waals surface area contributed by atoms with Crippen LogP contribution in [0.2, 0.25) is 0 Å². The summed E-state index contributed by atoms with van der Waals surface area (Å²) in [7, 11) is 5.45. The molecule has 0 atom stereocenters. The van der Waals surface area contributed by atoms with Gasteiger partial charge in [0.05, 0.1) is 12.2 Å². The second-order valence-corrected chi connectivity index (χ2v) is 6.50. The van der Waals surface area contributed by atoms with Gasteiger partial charge in [-0.2, -0.15) is 0 Å². The Kier molecular flexibility index (Phi) is 4.01. The molecule has 2 aromatic rings. The lowest BCUT2D eigenvalue weighted by Gasteiger charge is -2.19. The van der Waals surface area contributed by atoms with Crippen molar-refractivity contribution in [3.63, 3.8) is 0 Å². The van der Waals surface area contributed by atoms with E-state index in [0.717, 1.165) is 22.4 Å². The highest BCUT2D eigenvalue weighted by Gasteiger charge is 2.34. The maximum Gasteiger partial charge on any atom is 0.226 e. The standard InChI is InChI=1S/C21H19N3O2/c1-24(2)21-22-18-15-9-4-5-10-16(15)20(25)17(19(18)23-21)14-8-6-7-13(11-14)12-26-3/h4-11H,12H2,1-3H3. The molecule has 5 heteroatoms. The largest absolute Gasteiger partial charge is 0.380 e. The molecule has 0 saturated carbocycles. The molecule has 0 radical (unpaired) electrons. The van der Waals surface area contributed by atoms with Crippen LogP contribution in [0.4, 0.5) is 0 Å². The average Bonchev–Trinajstić information content (AvgIpc) is 3.08. The number of allylic oxidation sites excluding steroid dienone is 2. The van der Waals surface area contributed by atoms with Crippen molar-refractivity contribution in [3.05, 3.63) is 76.5 Å². The summed E-state index contributed by atoms with van der Waals surface area (Å²) in [6.07, 6.45) is 0. The first-order valence-corrected chi connectivity index (χ1v) is 8.42. The fourth-order valence-electron chi connectivity index (χ4n) is 3.27. The van der Waals surface area contributed by atoms with Crippen LogP contribution >= 0.6 is 0 Å². The van der Waals surface area contributed by atoms with Gasteiger partial charge in [0.15, 0.2) is 5.78 Å². The topological polar surface area (TPSA) is 54.3 Å². The van der Waals surface area contributed by atoms with Gasteiger partial charge in [-0.25, -0.2) is 9.98 Å². The van der Waals surface area contributed by atoms with Gasteiger partial charge in [-0.15, -0.1) is 0 Å². The SMILES string of the molecule is COCc1cccc(C2=C3N=C(N(C)C)N=C3c3ccccc3C2=O)c1. The summed E-state index contributed by atoms with van der Waals surface area (Å²) in [4.78, 5) is 24.5. The normalized spacial score (nSPS) is 15.4. The van der Waals surface area contributed by atoms with Crippen LogP contribution in [0.3, 0.4) is 0 Å². The van der Waals surface area contributed by atoms with Gasteiger partial charge in [0.2, 0.25) is 5.96 Å². The van der Waals surface area contributed by atoms with Crippen molar-refractivity contribution in [2.24, 2.45) is 9.98 Å². The van der Waals surface area contributed by atoms with Crippen molar-refractivity contribution >= 4 is 23.0 Å². The fraction of sp³-hybridized carbons (Fsp3) is 0.190. The molecular weight excluding hydrogens is 326 g/mol. The van der Waals surface area contributed by atoms with Gasteiger partial charge in [0, 0.05) is 32.3 Å². The minimum Gasteiger partial charge on any atom is -0.380 e. The van der Waals surface area contributed by atoms with E-state index in [4.69, 9.17) is 4.74 Å². The van der Waals surface area contributed by atoms with Gasteiger partial charge < -0.3 is 9.64 Å². The quantitative estimate of drug-likeness (QED) is 0.859. The van der Waals surface area contributed by atoms with Gasteiger partial charge in [0.1, 0.15) is 11.4 Å². The number of carbonyl (C=O) groups excluding carboxylic acids is 1. The summed E-state index contributed by atoms with van der Waals surface area (Å²) in [6.45, 7) is 0.494. The number of methoxy groups -OCH3 is 1. The van der Waals surface area contributed by atoms with Crippen molar-refractivity contribution in [1.29, 1.82) is 0 Å². The highest BCUT2D eigenvalue weighted by atomic mass is 16.5. The second-order valence-electron chi connectivity index (χ2n) is 6.50. The molecule has 1 aliphatic heterocycles. The molecule has 0 unspecified atom stereocenters. The first-order valence-electron chi connectivity index (χ1n) is 8.42. The van der Waals surface area contributed by atoms with Gasteiger partial charge in [-0.3, -0.25) is 4.79 Å². The average molecular weight is 345 g/mol. The molecule has 130 valence electrons. The van der Waals surface area contributed by atoms with Crippen LogP contribution in [-0.2, 0) is 11.3 Å². The smallest absolute Gasteiger partial charge is 0.226 e. The molecule has 2 aromatic carbocycles. The van der Waals surface area contributed by atoms with Crippen LogP contribution in [0.1, 0.15) is 27.0 Å². The van der Waals surface area contributed by atoms with Crippen LogP contribution in [-0.4, -0.2) is 43.6 Å². The Morgan fingerprint density at radius 1 is 1.00 bits per heavy atom. The lowest BCUT2D eigenvalue weighted by Crippen LogP contribution is -2.20. The van der Waals surface area contributed by atoms with E-state index in [1.54, 1.807) is 7.11 Å². The van der Waals surface area contributed by atoms with Gasteiger partial charge in [-0.1, -0.05) is 42.5 Å². The summed E-state index contributed by atoms with van der Waals surface area (Å²) in [5, 5.41) is 0. The number of rotatable bonds is 3. The summed E-state index contributed by atoms with van der Waals surface area (Å²) in [5.41, 5.74) is 5.35. The van der Waals surface area contributed by atoms with Crippen LogP contribution < -0.4 is 0 Å². The number of guanidine groups is 1. The minimum absolute atomic E-state index is 0.0205. The molecule has 0 N–H and O–H groups in total. The zero-order chi connectivity index (χ0) is 18.3. The number of aliphatic imine (C=N–C) groups is 2. The van der Waals surface area contributed by atoms with Crippen LogP contribution in [0.5, 0.6) is 0 Å². The van der Waals surface area contributed by atoms with Crippen molar-refractivity contribution < 1.29 is 9.53 Å². The highest BCUT2D eigenvalue weighted by molar-refractivity contribution is 6.43. The van der Waals surface area contributed by atoms with E-state index >= 15 is 0 Å². The van der Waals surface area contributed by atoms with Crippen LogP contribution in [0.25, 0.3) is 5.57 Å². The molecule has 0 saturated heterocycles. The molecule has 0 bridgehead atoms. The highest BCUT2D eigenvalue weighted by Crippen LogP contribution is 2.36. The summed E-state index contributed by atoms with van der Waals surface area (Å²) < 4.78 is 5.23. The number of carbonyl (C=O) groups is 1. The maximum atomic E-state index is 13.3. The molecule has 4 rings (SSSR count). The van der Waals surface area contributed by atoms with E-state index in [9.17, 15) is 4.79 Å². The summed E-state index contributed by atoms with van der Waals surface area (Å²) >= 11 is 0. The Balaban J connectivity index is 1.95. The molecule has 0 fully saturated rings. The molecule has 5 nitrogen and oxygen atoms in total. The molecule has 1 heterocycles. The van der Waals surface area contributed by atoms with E-state index in [1.165, 1.54) is 0 Å². The van der Waals surface area contributed by atoms with E-state index in [-0.39, 0.29) is 5.78 Å². The van der Waals surface area contributed by atoms with Crippen molar-refractivity contribution in [2.75, 3.05) is 21.2 Å². The maximum absolute atomic E-state index is 13.3. The van der Waals surface area contributed by atoms with E-state index in [2.05, 4.69) is 9.98 Å². The van der Waals surface area contributed by atoms with Crippen LogP contribution in [0.15, 0.2) is 64.2 Å². The predicted molar refractivity (Wildman–Crippen MR) is 103 cm³/mol. The van der Waals surface area contributed by atoms with Gasteiger partial charge in [-0.05, 0) is 17.2 Å². The van der Waals surface area contributed by atoms with E-state index in [0.29, 0.717) is 29.4 Å². The number of fused-ring (bicyclic) bond motifs is 3. The molecule has 0 amide bonds. The lowest BCUT2D eigenvalue weighted by atomic mass is 9.83. The minimum atomic E-state index is -0.0205. The molecule has 2 aliphatic rings. The number of hydrogen-bond donors (Lipinski definition) is 0. The third-order valence-electron chi connectivity index (χ3n) is 4.47. The number of Topliss-reactive ketones (excluding diaryl/α,β-unsaturated/α-hetero) is 1. The molecule has 0 spiro atoms. The number of ether oxygens (including phenoxy) is 1. The Morgan fingerprint density at radius 3 is 2.50 bits per heavy atom. The van der Waals surface area contributed by atoms with Crippen molar-refractivity contribution in [3.8, 4) is 0 Å². The zero-order valence-electron chi connectivity index (χ0n) is 15.0. The van der Waals surface area contributed by atoms with Gasteiger partial charge >= 0.3 is 0 Å². The molecule has 0 aromatic heterocycles. The summed E-state index contributed by atoms with van der Waals surface area (Å²) in [5.74, 6) is 0.581. The lowest BCUT2D eigenvalue weighted by molar-refractivity contribution is 0.105. The monoisotopic (exact) mass is 345 g/mol. The van der Waals surface area contributed by atoms with Crippen LogP contribution in [0, 0.1) is 0 Å². The third-order valence-corrected chi connectivity index (χ3v) is 4.47. The zero-order valence-corrected chi connectivity index (χ0v) is 15.0. The summed E-state index contributed by atoms with van der Waals surface area (Å²) in [6, 6.07) is 15.4. The van der Waals surface area contributed by atoms with E-state index < -0.39 is 0 Å².